The van der Waals surface area contributed by atoms with Crippen molar-refractivity contribution < 1.29 is 38.2 Å². The van der Waals surface area contributed by atoms with Gasteiger partial charge < -0.3 is 14.4 Å². The minimum Gasteiger partial charge on any atom is -0.469 e. The number of unbranched alkanes of at least 4 members (excludes halogenated alkanes) is 2. The number of hydrogen-bond donors (Lipinski definition) is 0. The fraction of sp³-hybridized carbons (Fsp3) is 0.607. The van der Waals surface area contributed by atoms with Crippen LogP contribution in [0.15, 0.2) is 30.3 Å². The summed E-state index contributed by atoms with van der Waals surface area (Å²) in [6.45, 7) is 6.45. The molecule has 9 heteroatoms. The van der Waals surface area contributed by atoms with Gasteiger partial charge >= 0.3 is 18.1 Å². The molecule has 1 rings (SSSR count). The number of nitrogens with zero attached hydrogens (tertiary/aromatic N) is 1. The molecule has 1 atom stereocenters. The Kier molecular flexibility index (Phi) is 19.0. The molecule has 0 N–H and O–H groups in total. The lowest BCUT2D eigenvalue weighted by atomic mass is 9.93. The fourth-order valence-electron chi connectivity index (χ4n) is 3.86. The zero-order chi connectivity index (χ0) is 28.1. The molecule has 206 valence electrons. The molecule has 0 radical (unpaired) electrons. The van der Waals surface area contributed by atoms with Crippen molar-refractivity contribution in [3.63, 3.8) is 0 Å². The lowest BCUT2D eigenvalue weighted by Crippen LogP contribution is -2.48. The molecule has 0 bridgehead atoms. The maximum Gasteiger partial charge on any atom is 0.373 e. The zero-order valence-corrected chi connectivity index (χ0v) is 22.5. The normalized spacial score (nSPS) is 10.9. The lowest BCUT2D eigenvalue weighted by molar-refractivity contribution is -0.191. The van der Waals surface area contributed by atoms with Crippen LogP contribution in [0.25, 0.3) is 0 Å². The molecule has 0 aliphatic heterocycles. The summed E-state index contributed by atoms with van der Waals surface area (Å²) in [6.07, 6.45) is 4.69. The number of esters is 2. The first kappa shape index (κ1) is 33.7. The number of amides is 1. The van der Waals surface area contributed by atoms with Crippen LogP contribution in [0.3, 0.4) is 0 Å². The predicted molar refractivity (Wildman–Crippen MR) is 136 cm³/mol. The van der Waals surface area contributed by atoms with Gasteiger partial charge in [-0.05, 0) is 30.7 Å². The molecule has 1 unspecified atom stereocenters. The Hall–Kier alpha value is -3.32. The van der Waals surface area contributed by atoms with Crippen LogP contribution < -0.4 is 0 Å². The molecule has 0 heterocycles. The van der Waals surface area contributed by atoms with Gasteiger partial charge in [0.1, 0.15) is 6.61 Å². The number of benzene rings is 1. The summed E-state index contributed by atoms with van der Waals surface area (Å²) in [5, 5.41) is 0. The summed E-state index contributed by atoms with van der Waals surface area (Å²) in [6, 6.07) is 8.91. The largest absolute Gasteiger partial charge is 0.469 e. The summed E-state index contributed by atoms with van der Waals surface area (Å²) in [5.74, 6) is -0.877. The van der Waals surface area contributed by atoms with Gasteiger partial charge in [0.15, 0.2) is 5.78 Å². The quantitative estimate of drug-likeness (QED) is 0.221. The number of rotatable bonds is 17. The number of hydrogen-bond acceptors (Lipinski definition) is 8. The average molecular weight is 520 g/mol. The second-order valence-electron chi connectivity index (χ2n) is 8.96. The standard InChI is InChI=1S/C27H41NO6.CO2/c1-5-6-8-15-23(29)27(21(2)3)28(24(30)16-11-17-25(31)33-4)19-12-18-26(32)34-20-22-13-9-7-10-14-22;2-1-3/h7,9-10,13-14,21,27H,5-6,8,11-12,15-20H2,1-4H3;. The molecule has 1 amide bonds. The highest BCUT2D eigenvalue weighted by molar-refractivity contribution is 5.89. The summed E-state index contributed by atoms with van der Waals surface area (Å²) < 4.78 is 9.98. The second-order valence-corrected chi connectivity index (χ2v) is 8.96. The molecule has 0 aromatic heterocycles. The Labute approximate surface area is 219 Å². The monoisotopic (exact) mass is 519 g/mol. The van der Waals surface area contributed by atoms with E-state index in [9.17, 15) is 19.2 Å². The Morgan fingerprint density at radius 1 is 0.865 bits per heavy atom. The van der Waals surface area contributed by atoms with Crippen LogP contribution in [0.1, 0.15) is 84.1 Å². The van der Waals surface area contributed by atoms with Crippen LogP contribution in [-0.2, 0) is 44.8 Å². The molecule has 1 aromatic rings. The highest BCUT2D eigenvalue weighted by Crippen LogP contribution is 2.19. The van der Waals surface area contributed by atoms with Gasteiger partial charge in [0, 0.05) is 32.2 Å². The van der Waals surface area contributed by atoms with Crippen molar-refractivity contribution in [2.75, 3.05) is 13.7 Å². The van der Waals surface area contributed by atoms with Gasteiger partial charge in [-0.2, -0.15) is 9.59 Å². The molecule has 1 aromatic carbocycles. The second kappa shape index (κ2) is 20.8. The number of methoxy groups -OCH3 is 1. The fourth-order valence-corrected chi connectivity index (χ4v) is 3.86. The van der Waals surface area contributed by atoms with Crippen molar-refractivity contribution in [1.82, 2.24) is 4.90 Å². The summed E-state index contributed by atoms with van der Waals surface area (Å²) >= 11 is 0. The zero-order valence-electron chi connectivity index (χ0n) is 22.5. The van der Waals surface area contributed by atoms with Crippen molar-refractivity contribution in [2.24, 2.45) is 5.92 Å². The van der Waals surface area contributed by atoms with Gasteiger partial charge in [-0.15, -0.1) is 0 Å². The first-order valence-electron chi connectivity index (χ1n) is 12.8. The smallest absolute Gasteiger partial charge is 0.373 e. The molecule has 9 nitrogen and oxygen atoms in total. The average Bonchev–Trinajstić information content (AvgIpc) is 2.87. The summed E-state index contributed by atoms with van der Waals surface area (Å²) in [4.78, 5) is 67.6. The summed E-state index contributed by atoms with van der Waals surface area (Å²) in [5.41, 5.74) is 0.913. The number of ketones is 1. The van der Waals surface area contributed by atoms with E-state index in [1.165, 1.54) is 7.11 Å². The van der Waals surface area contributed by atoms with Crippen LogP contribution in [0.4, 0.5) is 0 Å². The third kappa shape index (κ3) is 15.4. The van der Waals surface area contributed by atoms with Crippen molar-refractivity contribution in [1.29, 1.82) is 0 Å². The van der Waals surface area contributed by atoms with E-state index in [0.29, 0.717) is 25.8 Å². The minimum absolute atomic E-state index is 0.0521. The van der Waals surface area contributed by atoms with E-state index in [1.807, 2.05) is 44.2 Å². The van der Waals surface area contributed by atoms with E-state index in [-0.39, 0.29) is 61.6 Å². The van der Waals surface area contributed by atoms with Crippen LogP contribution in [-0.4, -0.2) is 54.4 Å². The molecule has 37 heavy (non-hydrogen) atoms. The molecular weight excluding hydrogens is 478 g/mol. The van der Waals surface area contributed by atoms with Gasteiger partial charge in [-0.3, -0.25) is 19.2 Å². The van der Waals surface area contributed by atoms with Gasteiger partial charge in [0.2, 0.25) is 5.91 Å². The highest BCUT2D eigenvalue weighted by atomic mass is 16.5. The van der Waals surface area contributed by atoms with E-state index in [2.05, 4.69) is 11.7 Å². The van der Waals surface area contributed by atoms with Crippen LogP contribution >= 0.6 is 0 Å². The number of ether oxygens (including phenoxy) is 2. The van der Waals surface area contributed by atoms with E-state index < -0.39 is 6.04 Å². The summed E-state index contributed by atoms with van der Waals surface area (Å²) in [7, 11) is 1.32. The molecule has 0 saturated heterocycles. The third-order valence-corrected chi connectivity index (χ3v) is 5.67. The third-order valence-electron chi connectivity index (χ3n) is 5.67. The number of Topliss-reactive ketones (excluding diaryl/α,β-unsaturated/α-hetero) is 1. The highest BCUT2D eigenvalue weighted by Gasteiger charge is 2.31. The van der Waals surface area contributed by atoms with E-state index >= 15 is 0 Å². The number of carbonyl (C=O) groups is 4. The SMILES string of the molecule is CCCCCC(=O)C(C(C)C)N(CCCC(=O)OCc1ccccc1)C(=O)CCCC(=O)OC.O=C=O. The van der Waals surface area contributed by atoms with E-state index in [1.54, 1.807) is 4.90 Å². The maximum absolute atomic E-state index is 13.1. The van der Waals surface area contributed by atoms with Gasteiger partial charge in [0.05, 0.1) is 13.2 Å². The Morgan fingerprint density at radius 3 is 2.05 bits per heavy atom. The first-order valence-corrected chi connectivity index (χ1v) is 12.8. The van der Waals surface area contributed by atoms with Crippen molar-refractivity contribution >= 4 is 29.8 Å². The predicted octanol–water partition coefficient (Wildman–Crippen LogP) is 4.27. The van der Waals surface area contributed by atoms with Gasteiger partial charge in [-0.1, -0.05) is 63.9 Å². The van der Waals surface area contributed by atoms with Crippen LogP contribution in [0, 0.1) is 5.92 Å². The molecule has 0 spiro atoms. The molecule has 0 aliphatic carbocycles. The molecular formula is C28H41NO8. The topological polar surface area (TPSA) is 124 Å². The first-order chi connectivity index (χ1) is 17.7. The Bertz CT molecular complexity index is 847. The Balaban J connectivity index is 0.00000410. The molecule has 0 saturated carbocycles. The number of carbonyl (C=O) groups excluding carboxylic acids is 6. The minimum atomic E-state index is -0.539. The Morgan fingerprint density at radius 2 is 1.49 bits per heavy atom. The lowest BCUT2D eigenvalue weighted by Gasteiger charge is -2.34. The van der Waals surface area contributed by atoms with E-state index in [4.69, 9.17) is 14.3 Å². The van der Waals surface area contributed by atoms with Crippen LogP contribution in [0.2, 0.25) is 0 Å². The maximum atomic E-state index is 13.1. The van der Waals surface area contributed by atoms with Gasteiger partial charge in [0.25, 0.3) is 0 Å². The van der Waals surface area contributed by atoms with E-state index in [0.717, 1.165) is 24.8 Å². The molecule has 0 fully saturated rings. The van der Waals surface area contributed by atoms with Crippen molar-refractivity contribution in [2.45, 2.75) is 91.2 Å². The molecule has 0 aliphatic rings. The van der Waals surface area contributed by atoms with Crippen LogP contribution in [0.5, 0.6) is 0 Å². The van der Waals surface area contributed by atoms with Crippen molar-refractivity contribution in [3.8, 4) is 0 Å². The van der Waals surface area contributed by atoms with Gasteiger partial charge in [-0.25, -0.2) is 0 Å². The van der Waals surface area contributed by atoms with Crippen molar-refractivity contribution in [3.05, 3.63) is 35.9 Å².